The minimum Gasteiger partial charge on any atom is -0.456 e. The van der Waals surface area contributed by atoms with Crippen LogP contribution in [0.1, 0.15) is 19.1 Å². The molecule has 0 aromatic carbocycles. The van der Waals surface area contributed by atoms with Gasteiger partial charge in [0.2, 0.25) is 12.2 Å². The number of carbonyl (C=O) groups excluding carboxylic acids is 2. The van der Waals surface area contributed by atoms with Crippen molar-refractivity contribution in [3.05, 3.63) is 44.9 Å². The topological polar surface area (TPSA) is 227 Å². The lowest BCUT2D eigenvalue weighted by Gasteiger charge is -2.35. The summed E-state index contributed by atoms with van der Waals surface area (Å²) in [6.07, 6.45) is -7.49. The number of rotatable bonds is 7. The third-order valence-corrected chi connectivity index (χ3v) is 6.44. The summed E-state index contributed by atoms with van der Waals surface area (Å²) >= 11 is 0. The number of aromatic nitrogens is 2. The Balaban J connectivity index is 1.56. The Morgan fingerprint density at radius 3 is 2.50 bits per heavy atom. The van der Waals surface area contributed by atoms with E-state index in [1.165, 1.54) is 4.90 Å². The van der Waals surface area contributed by atoms with Gasteiger partial charge < -0.3 is 45.3 Å². The van der Waals surface area contributed by atoms with E-state index in [9.17, 15) is 39.6 Å². The van der Waals surface area contributed by atoms with Gasteiger partial charge in [-0.2, -0.15) is 0 Å². The molecule has 0 aliphatic carbocycles. The maximum Gasteiger partial charge on any atom is 0.330 e. The first-order valence-electron chi connectivity index (χ1n) is 11.4. The van der Waals surface area contributed by atoms with E-state index in [0.717, 1.165) is 35.7 Å². The van der Waals surface area contributed by atoms with Crippen molar-refractivity contribution in [1.29, 1.82) is 0 Å². The molecule has 8 atom stereocenters. The Hall–Kier alpha value is -3.08. The number of likely N-dealkylation sites (tertiary alicyclic amines) is 1. The van der Waals surface area contributed by atoms with Crippen molar-refractivity contribution in [3.8, 4) is 0 Å². The van der Waals surface area contributed by atoms with Gasteiger partial charge in [0.25, 0.3) is 11.5 Å². The number of amides is 2. The summed E-state index contributed by atoms with van der Waals surface area (Å²) in [5.74, 6) is -3.14. The smallest absolute Gasteiger partial charge is 0.330 e. The van der Waals surface area contributed by atoms with E-state index in [1.54, 1.807) is 0 Å². The first-order chi connectivity index (χ1) is 17.1. The highest BCUT2D eigenvalue weighted by Crippen LogP contribution is 2.36. The lowest BCUT2D eigenvalue weighted by atomic mass is 9.94. The molecular weight excluding hydrogens is 484 g/mol. The van der Waals surface area contributed by atoms with Gasteiger partial charge >= 0.3 is 5.69 Å². The Morgan fingerprint density at radius 1 is 1.19 bits per heavy atom. The average molecular weight is 512 g/mol. The largest absolute Gasteiger partial charge is 0.456 e. The summed E-state index contributed by atoms with van der Waals surface area (Å²) in [5, 5.41) is 41.2. The highest BCUT2D eigenvalue weighted by Gasteiger charge is 2.51. The molecule has 0 radical (unpaired) electrons. The van der Waals surface area contributed by atoms with Crippen LogP contribution < -0.4 is 17.0 Å². The Morgan fingerprint density at radius 2 is 1.89 bits per heavy atom. The van der Waals surface area contributed by atoms with Crippen LogP contribution in [0, 0.1) is 5.92 Å². The predicted octanol–water partition coefficient (Wildman–Crippen LogP) is -4.14. The SMILES string of the molecule is NC(=O)[C@H](O[C@H]1OC(C(=O)N2CCCC2)=C[C@H](O)[C@@H]1O)[C@H]1O[C@@H](n2ccc(=O)[nH]c2=O)[C@H](O)[C@@H]1CO. The molecule has 36 heavy (non-hydrogen) atoms. The number of hydrogen-bond acceptors (Lipinski definition) is 11. The second kappa shape index (κ2) is 10.5. The minimum absolute atomic E-state index is 0.285. The van der Waals surface area contributed by atoms with Crippen LogP contribution in [-0.2, 0) is 23.8 Å². The van der Waals surface area contributed by atoms with Gasteiger partial charge in [0.05, 0.1) is 6.61 Å². The van der Waals surface area contributed by atoms with Gasteiger partial charge in [0, 0.05) is 31.3 Å². The molecular formula is C21H28N4O11. The number of ether oxygens (including phenoxy) is 3. The minimum atomic E-state index is -1.76. The number of aliphatic hydroxyl groups is 4. The lowest BCUT2D eigenvalue weighted by Crippen LogP contribution is -2.53. The van der Waals surface area contributed by atoms with Crippen LogP contribution in [0.4, 0.5) is 0 Å². The van der Waals surface area contributed by atoms with E-state index in [1.807, 2.05) is 4.98 Å². The Kier molecular flexibility index (Phi) is 7.58. The maximum absolute atomic E-state index is 12.7. The van der Waals surface area contributed by atoms with E-state index in [0.29, 0.717) is 13.1 Å². The zero-order chi connectivity index (χ0) is 26.1. The van der Waals surface area contributed by atoms with Crippen LogP contribution in [0.5, 0.6) is 0 Å². The van der Waals surface area contributed by atoms with Crippen molar-refractivity contribution in [1.82, 2.24) is 14.5 Å². The van der Waals surface area contributed by atoms with Gasteiger partial charge in [-0.05, 0) is 18.9 Å². The van der Waals surface area contributed by atoms with E-state index < -0.39 is 78.6 Å². The normalized spacial score (nSPS) is 33.2. The van der Waals surface area contributed by atoms with Gasteiger partial charge in [0.15, 0.2) is 18.1 Å². The van der Waals surface area contributed by atoms with Gasteiger partial charge in [-0.1, -0.05) is 0 Å². The summed E-state index contributed by atoms with van der Waals surface area (Å²) in [6.45, 7) is 0.263. The second-order valence-corrected chi connectivity index (χ2v) is 8.80. The van der Waals surface area contributed by atoms with Gasteiger partial charge in [-0.3, -0.25) is 23.9 Å². The molecule has 15 nitrogen and oxygen atoms in total. The van der Waals surface area contributed by atoms with Crippen molar-refractivity contribution in [2.75, 3.05) is 19.7 Å². The molecule has 1 aromatic heterocycles. The first kappa shape index (κ1) is 26.0. The molecule has 4 rings (SSSR count). The summed E-state index contributed by atoms with van der Waals surface area (Å²) in [6, 6.07) is 1.01. The van der Waals surface area contributed by atoms with Crippen molar-refractivity contribution < 1.29 is 44.2 Å². The molecule has 2 amide bonds. The van der Waals surface area contributed by atoms with Gasteiger partial charge in [0.1, 0.15) is 24.4 Å². The van der Waals surface area contributed by atoms with Crippen LogP contribution in [0.3, 0.4) is 0 Å². The predicted molar refractivity (Wildman–Crippen MR) is 117 cm³/mol. The van der Waals surface area contributed by atoms with Crippen LogP contribution in [0.25, 0.3) is 0 Å². The molecule has 2 saturated heterocycles. The number of nitrogens with two attached hydrogens (primary N) is 1. The standard InChI is InChI=1S/C21H28N4O11/c22-17(31)16(15-9(8-26)13(29)19(35-15)25-6-3-12(28)23-21(25)33)36-20-14(30)10(27)7-11(34-20)18(32)24-4-1-2-5-24/h3,6-7,9-10,13-16,19-20,26-27,29-30H,1-2,4-5,8H2,(H2,22,31)(H,23,28,33)/t9-,10-,13+,14-,15-,16+,19+,20+/m0/s1. The zero-order valence-corrected chi connectivity index (χ0v) is 19.0. The number of nitrogens with zero attached hydrogens (tertiary/aromatic N) is 2. The van der Waals surface area contributed by atoms with Crippen molar-refractivity contribution in [3.63, 3.8) is 0 Å². The molecule has 3 aliphatic rings. The van der Waals surface area contributed by atoms with Gasteiger partial charge in [-0.15, -0.1) is 0 Å². The van der Waals surface area contributed by atoms with Crippen LogP contribution >= 0.6 is 0 Å². The van der Waals surface area contributed by atoms with Crippen LogP contribution in [0.15, 0.2) is 33.7 Å². The number of aliphatic hydroxyl groups excluding tert-OH is 4. The number of carbonyl (C=O) groups is 2. The number of aromatic amines is 1. The molecule has 0 bridgehead atoms. The molecule has 0 spiro atoms. The number of nitrogens with one attached hydrogen (secondary N) is 1. The van der Waals surface area contributed by atoms with E-state index in [-0.39, 0.29) is 5.76 Å². The molecule has 15 heteroatoms. The third-order valence-electron chi connectivity index (χ3n) is 6.44. The highest BCUT2D eigenvalue weighted by atomic mass is 16.7. The van der Waals surface area contributed by atoms with Crippen molar-refractivity contribution in [2.24, 2.45) is 11.7 Å². The number of H-pyrrole nitrogens is 1. The molecule has 7 N–H and O–H groups in total. The lowest BCUT2D eigenvalue weighted by molar-refractivity contribution is -0.240. The zero-order valence-electron chi connectivity index (χ0n) is 19.0. The van der Waals surface area contributed by atoms with E-state index >= 15 is 0 Å². The van der Waals surface area contributed by atoms with Gasteiger partial charge in [-0.25, -0.2) is 4.79 Å². The number of hydrogen-bond donors (Lipinski definition) is 6. The van der Waals surface area contributed by atoms with Crippen molar-refractivity contribution >= 4 is 11.8 Å². The maximum atomic E-state index is 12.7. The molecule has 3 aliphatic heterocycles. The fraction of sp³-hybridized carbons (Fsp3) is 0.619. The summed E-state index contributed by atoms with van der Waals surface area (Å²) < 4.78 is 17.6. The van der Waals surface area contributed by atoms with Crippen molar-refractivity contribution in [2.45, 2.75) is 55.9 Å². The highest BCUT2D eigenvalue weighted by molar-refractivity contribution is 5.92. The monoisotopic (exact) mass is 512 g/mol. The first-order valence-corrected chi connectivity index (χ1v) is 11.4. The molecule has 1 aromatic rings. The molecule has 198 valence electrons. The fourth-order valence-corrected chi connectivity index (χ4v) is 4.52. The summed E-state index contributed by atoms with van der Waals surface area (Å²) in [5.41, 5.74) is 3.89. The van der Waals surface area contributed by atoms with Crippen LogP contribution in [0.2, 0.25) is 0 Å². The summed E-state index contributed by atoms with van der Waals surface area (Å²) in [7, 11) is 0. The molecule has 0 saturated carbocycles. The average Bonchev–Trinajstić information content (AvgIpc) is 3.47. The second-order valence-electron chi connectivity index (χ2n) is 8.80. The quantitative estimate of drug-likeness (QED) is 0.205. The molecule has 4 heterocycles. The molecule has 0 unspecified atom stereocenters. The molecule has 2 fully saturated rings. The number of primary amides is 1. The fourth-order valence-electron chi connectivity index (χ4n) is 4.52. The van der Waals surface area contributed by atoms with E-state index in [4.69, 9.17) is 19.9 Å². The third kappa shape index (κ3) is 4.93. The Labute approximate surface area is 203 Å². The Bertz CT molecular complexity index is 1130. The summed E-state index contributed by atoms with van der Waals surface area (Å²) in [4.78, 5) is 52.1. The van der Waals surface area contributed by atoms with Crippen LogP contribution in [-0.4, -0.2) is 103 Å². The van der Waals surface area contributed by atoms with E-state index in [2.05, 4.69) is 0 Å².